The van der Waals surface area contributed by atoms with Crippen LogP contribution in [-0.4, -0.2) is 34.6 Å². The number of anilines is 1. The molecule has 0 saturated heterocycles. The Morgan fingerprint density at radius 3 is 2.19 bits per heavy atom. The Hall–Kier alpha value is -3.52. The summed E-state index contributed by atoms with van der Waals surface area (Å²) in [5.41, 5.74) is 3.29. The van der Waals surface area contributed by atoms with Gasteiger partial charge in [0.25, 0.3) is 10.0 Å². The number of sulfonamides is 1. The van der Waals surface area contributed by atoms with Gasteiger partial charge in [0.05, 0.1) is 30.3 Å². The molecule has 3 aromatic carbocycles. The number of amides is 1. The van der Waals surface area contributed by atoms with Crippen LogP contribution < -0.4 is 19.1 Å². The first kappa shape index (κ1) is 27.1. The second-order valence-electron chi connectivity index (χ2n) is 8.51. The molecular weight excluding hydrogens is 476 g/mol. The van der Waals surface area contributed by atoms with E-state index in [4.69, 9.17) is 9.47 Å². The van der Waals surface area contributed by atoms with Crippen LogP contribution in [0.5, 0.6) is 11.5 Å². The molecule has 8 heteroatoms. The Kier molecular flexibility index (Phi) is 8.98. The fourth-order valence-corrected chi connectivity index (χ4v) is 5.36. The predicted octanol–water partition coefficient (Wildman–Crippen LogP) is 5.17. The van der Waals surface area contributed by atoms with Crippen molar-refractivity contribution < 1.29 is 22.7 Å². The van der Waals surface area contributed by atoms with Gasteiger partial charge in [0, 0.05) is 0 Å². The molecule has 192 valence electrons. The number of benzene rings is 3. The zero-order valence-corrected chi connectivity index (χ0v) is 22.3. The molecule has 0 spiro atoms. The monoisotopic (exact) mass is 510 g/mol. The van der Waals surface area contributed by atoms with Crippen LogP contribution in [-0.2, 0) is 14.8 Å². The molecule has 0 unspecified atom stereocenters. The minimum atomic E-state index is -4.02. The second-order valence-corrected chi connectivity index (χ2v) is 10.4. The predicted molar refractivity (Wildman–Crippen MR) is 142 cm³/mol. The Balaban J connectivity index is 1.89. The summed E-state index contributed by atoms with van der Waals surface area (Å²) < 4.78 is 39.2. The van der Waals surface area contributed by atoms with E-state index in [-0.39, 0.29) is 17.5 Å². The van der Waals surface area contributed by atoms with E-state index in [1.807, 2.05) is 58.0 Å². The van der Waals surface area contributed by atoms with E-state index in [2.05, 4.69) is 5.32 Å². The van der Waals surface area contributed by atoms with Gasteiger partial charge in [0.15, 0.2) is 0 Å². The standard InChI is InChI=1S/C28H34N2O5S/c1-6-26(22-10-17-27(34-5)21(4)18-22)29-28(31)19-30(23-11-8-20(3)9-12-23)36(32,33)25-15-13-24(14-16-25)35-7-2/h8-18,26H,6-7,19H2,1-5H3,(H,29,31)/t26-/m0/s1. The molecule has 1 N–H and O–H groups in total. The highest BCUT2D eigenvalue weighted by atomic mass is 32.2. The summed E-state index contributed by atoms with van der Waals surface area (Å²) in [6, 6.07) is 18.8. The summed E-state index contributed by atoms with van der Waals surface area (Å²) in [5, 5.41) is 3.00. The third kappa shape index (κ3) is 6.37. The number of methoxy groups -OCH3 is 1. The van der Waals surface area contributed by atoms with Crippen molar-refractivity contribution in [1.29, 1.82) is 0 Å². The molecule has 0 heterocycles. The van der Waals surface area contributed by atoms with Crippen molar-refractivity contribution in [1.82, 2.24) is 5.32 Å². The van der Waals surface area contributed by atoms with E-state index in [0.717, 1.165) is 26.7 Å². The van der Waals surface area contributed by atoms with Crippen LogP contribution in [0.15, 0.2) is 71.6 Å². The van der Waals surface area contributed by atoms with Gasteiger partial charge in [-0.15, -0.1) is 0 Å². The SMILES string of the molecule is CCOc1ccc(S(=O)(=O)N(CC(=O)N[C@@H](CC)c2ccc(OC)c(C)c2)c2ccc(C)cc2)cc1. The van der Waals surface area contributed by atoms with Crippen molar-refractivity contribution >= 4 is 21.6 Å². The van der Waals surface area contributed by atoms with E-state index >= 15 is 0 Å². The molecule has 0 aromatic heterocycles. The van der Waals surface area contributed by atoms with Crippen molar-refractivity contribution in [3.8, 4) is 11.5 Å². The largest absolute Gasteiger partial charge is 0.496 e. The molecular formula is C28H34N2O5S. The number of nitrogens with zero attached hydrogens (tertiary/aromatic N) is 1. The fraction of sp³-hybridized carbons (Fsp3) is 0.321. The number of rotatable bonds is 11. The molecule has 1 amide bonds. The van der Waals surface area contributed by atoms with Crippen LogP contribution in [0.1, 0.15) is 43.0 Å². The molecule has 0 aliphatic carbocycles. The number of carbonyl (C=O) groups is 1. The van der Waals surface area contributed by atoms with Crippen molar-refractivity contribution in [3.05, 3.63) is 83.4 Å². The maximum atomic E-state index is 13.7. The Morgan fingerprint density at radius 1 is 0.972 bits per heavy atom. The van der Waals surface area contributed by atoms with Crippen LogP contribution in [0, 0.1) is 13.8 Å². The van der Waals surface area contributed by atoms with Crippen LogP contribution in [0.2, 0.25) is 0 Å². The van der Waals surface area contributed by atoms with Gasteiger partial charge in [0.2, 0.25) is 5.91 Å². The lowest BCUT2D eigenvalue weighted by Gasteiger charge is -2.26. The number of hydrogen-bond acceptors (Lipinski definition) is 5. The lowest BCUT2D eigenvalue weighted by molar-refractivity contribution is -0.120. The van der Waals surface area contributed by atoms with Crippen molar-refractivity contribution in [2.24, 2.45) is 0 Å². The van der Waals surface area contributed by atoms with Crippen molar-refractivity contribution in [2.75, 3.05) is 24.6 Å². The van der Waals surface area contributed by atoms with Crippen molar-refractivity contribution in [2.45, 2.75) is 45.1 Å². The first-order chi connectivity index (χ1) is 17.2. The molecule has 0 aliphatic heterocycles. The zero-order valence-electron chi connectivity index (χ0n) is 21.4. The van der Waals surface area contributed by atoms with E-state index in [1.165, 1.54) is 12.1 Å². The topological polar surface area (TPSA) is 84.9 Å². The van der Waals surface area contributed by atoms with E-state index in [1.54, 1.807) is 31.4 Å². The van der Waals surface area contributed by atoms with Crippen LogP contribution in [0.25, 0.3) is 0 Å². The average Bonchev–Trinajstić information content (AvgIpc) is 2.87. The van der Waals surface area contributed by atoms with Gasteiger partial charge in [-0.1, -0.05) is 36.8 Å². The molecule has 7 nitrogen and oxygen atoms in total. The van der Waals surface area contributed by atoms with Gasteiger partial charge in [-0.25, -0.2) is 8.42 Å². The summed E-state index contributed by atoms with van der Waals surface area (Å²) in [5.74, 6) is 0.953. The smallest absolute Gasteiger partial charge is 0.264 e. The molecule has 0 fully saturated rings. The normalized spacial score (nSPS) is 12.0. The minimum absolute atomic E-state index is 0.0807. The van der Waals surface area contributed by atoms with E-state index in [9.17, 15) is 13.2 Å². The van der Waals surface area contributed by atoms with Crippen molar-refractivity contribution in [3.63, 3.8) is 0 Å². The molecule has 3 aromatic rings. The van der Waals surface area contributed by atoms with Crippen LogP contribution in [0.3, 0.4) is 0 Å². The molecule has 3 rings (SSSR count). The molecule has 0 aliphatic rings. The zero-order chi connectivity index (χ0) is 26.3. The quantitative estimate of drug-likeness (QED) is 0.385. The van der Waals surface area contributed by atoms with Gasteiger partial charge in [0.1, 0.15) is 18.0 Å². The van der Waals surface area contributed by atoms with Gasteiger partial charge in [-0.2, -0.15) is 0 Å². The number of nitrogens with one attached hydrogen (secondary N) is 1. The summed E-state index contributed by atoms with van der Waals surface area (Å²) in [7, 11) is -2.40. The van der Waals surface area contributed by atoms with Crippen LogP contribution in [0.4, 0.5) is 5.69 Å². The lowest BCUT2D eigenvalue weighted by atomic mass is 10.0. The Morgan fingerprint density at radius 2 is 1.64 bits per heavy atom. The third-order valence-corrected chi connectivity index (χ3v) is 7.68. The maximum absolute atomic E-state index is 13.7. The highest BCUT2D eigenvalue weighted by Crippen LogP contribution is 2.27. The van der Waals surface area contributed by atoms with E-state index in [0.29, 0.717) is 24.5 Å². The molecule has 1 atom stereocenters. The number of aryl methyl sites for hydroxylation is 2. The van der Waals surface area contributed by atoms with Gasteiger partial charge >= 0.3 is 0 Å². The summed E-state index contributed by atoms with van der Waals surface area (Å²) in [4.78, 5) is 13.3. The van der Waals surface area contributed by atoms with Gasteiger partial charge in [-0.05, 0) is 80.8 Å². The van der Waals surface area contributed by atoms with Gasteiger partial charge < -0.3 is 14.8 Å². The van der Waals surface area contributed by atoms with Crippen LogP contribution >= 0.6 is 0 Å². The highest BCUT2D eigenvalue weighted by molar-refractivity contribution is 7.92. The third-order valence-electron chi connectivity index (χ3n) is 5.90. The summed E-state index contributed by atoms with van der Waals surface area (Å²) >= 11 is 0. The summed E-state index contributed by atoms with van der Waals surface area (Å²) in [6.07, 6.45) is 0.647. The van der Waals surface area contributed by atoms with E-state index < -0.39 is 15.9 Å². The Labute approximate surface area is 214 Å². The number of ether oxygens (including phenoxy) is 2. The Bertz CT molecular complexity index is 1270. The second kappa shape index (κ2) is 11.9. The maximum Gasteiger partial charge on any atom is 0.264 e. The molecule has 0 radical (unpaired) electrons. The average molecular weight is 511 g/mol. The summed E-state index contributed by atoms with van der Waals surface area (Å²) in [6.45, 7) is 7.82. The fourth-order valence-electron chi connectivity index (χ4n) is 3.94. The molecule has 36 heavy (non-hydrogen) atoms. The lowest BCUT2D eigenvalue weighted by Crippen LogP contribution is -2.42. The molecule has 0 bridgehead atoms. The minimum Gasteiger partial charge on any atom is -0.496 e. The first-order valence-corrected chi connectivity index (χ1v) is 13.4. The van der Waals surface area contributed by atoms with Gasteiger partial charge in [-0.3, -0.25) is 9.10 Å². The number of carbonyl (C=O) groups excluding carboxylic acids is 1. The molecule has 0 saturated carbocycles. The first-order valence-electron chi connectivity index (χ1n) is 12.0. The number of hydrogen-bond donors (Lipinski definition) is 1. The highest BCUT2D eigenvalue weighted by Gasteiger charge is 2.28.